The van der Waals surface area contributed by atoms with Gasteiger partial charge in [-0.05, 0) is 32.1 Å². The molecule has 0 bridgehead atoms. The molecule has 104 valence electrons. The average Bonchev–Trinajstić information content (AvgIpc) is 2.36. The largest absolute Gasteiger partial charge is 0.480 e. The van der Waals surface area contributed by atoms with Gasteiger partial charge in [0.1, 0.15) is 6.04 Å². The van der Waals surface area contributed by atoms with Crippen LogP contribution in [0.15, 0.2) is 12.2 Å². The summed E-state index contributed by atoms with van der Waals surface area (Å²) in [5, 5.41) is 8.61. The van der Waals surface area contributed by atoms with Crippen LogP contribution in [-0.2, 0) is 9.59 Å². The van der Waals surface area contributed by atoms with Crippen LogP contribution in [0, 0.1) is 0 Å². The van der Waals surface area contributed by atoms with E-state index >= 15 is 0 Å². The van der Waals surface area contributed by atoms with Crippen LogP contribution in [0.5, 0.6) is 0 Å². The molecule has 0 spiro atoms. The molecule has 0 aromatic carbocycles. The minimum Gasteiger partial charge on any atom is -0.480 e. The van der Waals surface area contributed by atoms with Crippen LogP contribution in [0.3, 0.4) is 0 Å². The lowest BCUT2D eigenvalue weighted by Crippen LogP contribution is -2.30. The molecule has 0 heterocycles. The Bertz CT molecular complexity index is 279. The van der Waals surface area contributed by atoms with Gasteiger partial charge in [-0.2, -0.15) is 0 Å². The van der Waals surface area contributed by atoms with Gasteiger partial charge in [0.05, 0.1) is 0 Å². The summed E-state index contributed by atoms with van der Waals surface area (Å²) in [7, 11) is 0. The first kappa shape index (κ1) is 16.6. The topological polar surface area (TPSA) is 83.6 Å². The molecule has 0 aromatic heterocycles. The lowest BCUT2D eigenvalue weighted by atomic mass is 10.1. The van der Waals surface area contributed by atoms with Gasteiger partial charge in [-0.25, -0.2) is 0 Å². The molecule has 0 rings (SSSR count). The van der Waals surface area contributed by atoms with Crippen molar-refractivity contribution < 1.29 is 14.7 Å². The Morgan fingerprint density at radius 3 is 2.61 bits per heavy atom. The summed E-state index contributed by atoms with van der Waals surface area (Å²) in [6, 6.07) is -0.797. The minimum absolute atomic E-state index is 0.448. The number of amides is 1. The fourth-order valence-corrected chi connectivity index (χ4v) is 1.50. The summed E-state index contributed by atoms with van der Waals surface area (Å²) in [5.41, 5.74) is 6.52. The van der Waals surface area contributed by atoms with Crippen LogP contribution >= 0.6 is 0 Å². The first-order chi connectivity index (χ1) is 8.51. The van der Waals surface area contributed by atoms with Crippen molar-refractivity contribution in [2.24, 2.45) is 5.73 Å². The molecule has 0 saturated heterocycles. The number of aliphatic carboxylic acids is 1. The van der Waals surface area contributed by atoms with Crippen molar-refractivity contribution in [3.8, 4) is 0 Å². The van der Waals surface area contributed by atoms with Crippen molar-refractivity contribution in [1.82, 2.24) is 4.90 Å². The van der Waals surface area contributed by atoms with E-state index in [0.29, 0.717) is 25.9 Å². The van der Waals surface area contributed by atoms with E-state index in [-0.39, 0.29) is 0 Å². The quantitative estimate of drug-likeness (QED) is 0.332. The molecule has 0 radical (unpaired) electrons. The van der Waals surface area contributed by atoms with Crippen LogP contribution in [0.1, 0.15) is 39.0 Å². The SMILES string of the molecule is C=C(CC)CCN(C=O)CCCC[C@H](N)C(=O)O. The lowest BCUT2D eigenvalue weighted by Gasteiger charge is -2.17. The zero-order chi connectivity index (χ0) is 14.0. The van der Waals surface area contributed by atoms with E-state index in [9.17, 15) is 9.59 Å². The molecular weight excluding hydrogens is 232 g/mol. The van der Waals surface area contributed by atoms with Gasteiger partial charge in [0.2, 0.25) is 6.41 Å². The minimum atomic E-state index is -0.971. The number of carboxylic acid groups (broad SMARTS) is 1. The van der Waals surface area contributed by atoms with E-state index in [2.05, 4.69) is 6.58 Å². The molecule has 0 unspecified atom stereocenters. The molecule has 0 fully saturated rings. The second-order valence-electron chi connectivity index (χ2n) is 4.44. The third kappa shape index (κ3) is 7.84. The molecule has 0 aliphatic heterocycles. The molecular formula is C13H24N2O3. The summed E-state index contributed by atoms with van der Waals surface area (Å²) in [5.74, 6) is -0.971. The van der Waals surface area contributed by atoms with E-state index in [1.54, 1.807) is 4.90 Å². The number of hydrogen-bond donors (Lipinski definition) is 2. The molecule has 5 heteroatoms. The van der Waals surface area contributed by atoms with Crippen LogP contribution in [-0.4, -0.2) is 41.5 Å². The predicted octanol–water partition coefficient (Wildman–Crippen LogP) is 1.38. The number of nitrogens with two attached hydrogens (primary N) is 1. The summed E-state index contributed by atoms with van der Waals surface area (Å²) in [4.78, 5) is 23.0. The molecule has 18 heavy (non-hydrogen) atoms. The number of unbranched alkanes of at least 4 members (excludes halogenated alkanes) is 1. The highest BCUT2D eigenvalue weighted by Gasteiger charge is 2.10. The predicted molar refractivity (Wildman–Crippen MR) is 71.1 cm³/mol. The van der Waals surface area contributed by atoms with E-state index in [1.165, 1.54) is 0 Å². The molecule has 0 aliphatic rings. The number of rotatable bonds is 11. The van der Waals surface area contributed by atoms with Crippen molar-refractivity contribution in [2.45, 2.75) is 45.1 Å². The van der Waals surface area contributed by atoms with E-state index in [1.807, 2.05) is 6.92 Å². The van der Waals surface area contributed by atoms with Crippen LogP contribution < -0.4 is 5.73 Å². The van der Waals surface area contributed by atoms with Gasteiger partial charge >= 0.3 is 5.97 Å². The maximum atomic E-state index is 10.8. The normalized spacial score (nSPS) is 11.9. The fraction of sp³-hybridized carbons (Fsp3) is 0.692. The van der Waals surface area contributed by atoms with Crippen molar-refractivity contribution >= 4 is 12.4 Å². The summed E-state index contributed by atoms with van der Waals surface area (Å²) >= 11 is 0. The zero-order valence-corrected chi connectivity index (χ0v) is 11.1. The van der Waals surface area contributed by atoms with Gasteiger partial charge in [-0.15, -0.1) is 0 Å². The Morgan fingerprint density at radius 1 is 1.44 bits per heavy atom. The number of carbonyl (C=O) groups is 2. The molecule has 0 saturated carbocycles. The Labute approximate surface area is 109 Å². The monoisotopic (exact) mass is 256 g/mol. The average molecular weight is 256 g/mol. The highest BCUT2D eigenvalue weighted by molar-refractivity contribution is 5.72. The Morgan fingerprint density at radius 2 is 2.11 bits per heavy atom. The van der Waals surface area contributed by atoms with E-state index in [4.69, 9.17) is 10.8 Å². The second kappa shape index (κ2) is 9.65. The van der Waals surface area contributed by atoms with Crippen molar-refractivity contribution in [3.63, 3.8) is 0 Å². The van der Waals surface area contributed by atoms with Crippen molar-refractivity contribution in [2.75, 3.05) is 13.1 Å². The molecule has 1 amide bonds. The third-order valence-corrected chi connectivity index (χ3v) is 2.93. The Hall–Kier alpha value is -1.36. The van der Waals surface area contributed by atoms with Gasteiger partial charge in [0, 0.05) is 13.1 Å². The van der Waals surface area contributed by atoms with Crippen molar-refractivity contribution in [3.05, 3.63) is 12.2 Å². The van der Waals surface area contributed by atoms with Gasteiger partial charge in [0.15, 0.2) is 0 Å². The molecule has 5 nitrogen and oxygen atoms in total. The zero-order valence-electron chi connectivity index (χ0n) is 11.1. The summed E-state index contributed by atoms with van der Waals surface area (Å²) in [6.07, 6.45) is 4.53. The fourth-order valence-electron chi connectivity index (χ4n) is 1.50. The number of hydrogen-bond acceptors (Lipinski definition) is 3. The first-order valence-corrected chi connectivity index (χ1v) is 6.35. The summed E-state index contributed by atoms with van der Waals surface area (Å²) < 4.78 is 0. The lowest BCUT2D eigenvalue weighted by molar-refractivity contribution is -0.138. The first-order valence-electron chi connectivity index (χ1n) is 6.35. The third-order valence-electron chi connectivity index (χ3n) is 2.93. The van der Waals surface area contributed by atoms with Gasteiger partial charge in [0.25, 0.3) is 0 Å². The van der Waals surface area contributed by atoms with Crippen LogP contribution in [0.4, 0.5) is 0 Å². The Kier molecular flexibility index (Phi) is 8.92. The van der Waals surface area contributed by atoms with Crippen LogP contribution in [0.2, 0.25) is 0 Å². The maximum Gasteiger partial charge on any atom is 0.320 e. The van der Waals surface area contributed by atoms with E-state index < -0.39 is 12.0 Å². The van der Waals surface area contributed by atoms with Crippen molar-refractivity contribution in [1.29, 1.82) is 0 Å². The second-order valence-corrected chi connectivity index (χ2v) is 4.44. The van der Waals surface area contributed by atoms with E-state index in [0.717, 1.165) is 31.2 Å². The maximum absolute atomic E-state index is 10.8. The van der Waals surface area contributed by atoms with Crippen LogP contribution in [0.25, 0.3) is 0 Å². The standard InChI is InChI=1S/C13H24N2O3/c1-3-11(2)7-9-15(10-16)8-5-4-6-12(14)13(17)18/h10,12H,2-9,14H2,1H3,(H,17,18)/t12-/m0/s1. The highest BCUT2D eigenvalue weighted by Crippen LogP contribution is 2.05. The van der Waals surface area contributed by atoms with Gasteiger partial charge in [-0.1, -0.05) is 19.1 Å². The number of carbonyl (C=O) groups excluding carboxylic acids is 1. The van der Waals surface area contributed by atoms with Gasteiger partial charge in [-0.3, -0.25) is 9.59 Å². The Balaban J connectivity index is 3.71. The number of nitrogens with zero attached hydrogens (tertiary/aromatic N) is 1. The molecule has 0 aromatic rings. The van der Waals surface area contributed by atoms with Gasteiger partial charge < -0.3 is 15.7 Å². The highest BCUT2D eigenvalue weighted by atomic mass is 16.4. The molecule has 0 aliphatic carbocycles. The number of carboxylic acids is 1. The smallest absolute Gasteiger partial charge is 0.320 e. The molecule has 1 atom stereocenters. The summed E-state index contributed by atoms with van der Waals surface area (Å²) in [6.45, 7) is 7.26. The molecule has 3 N–H and O–H groups in total.